The van der Waals surface area contributed by atoms with E-state index < -0.39 is 11.9 Å². The Morgan fingerprint density at radius 3 is 2.44 bits per heavy atom. The second kappa shape index (κ2) is 8.05. The number of hydrogen-bond donors (Lipinski definition) is 0. The maximum absolute atomic E-state index is 12.4. The molecule has 6 heteroatoms. The summed E-state index contributed by atoms with van der Waals surface area (Å²) >= 11 is 0. The molecule has 0 amide bonds. The Bertz CT molecular complexity index is 903. The lowest BCUT2D eigenvalue weighted by Gasteiger charge is -2.31. The molecule has 0 spiro atoms. The number of anilines is 1. The second-order valence-electron chi connectivity index (χ2n) is 6.08. The summed E-state index contributed by atoms with van der Waals surface area (Å²) in [5, 5.41) is 0. The van der Waals surface area contributed by atoms with Gasteiger partial charge in [-0.3, -0.25) is 0 Å². The van der Waals surface area contributed by atoms with Gasteiger partial charge in [-0.05, 0) is 35.7 Å². The smallest absolute Gasteiger partial charge is 0.355 e. The summed E-state index contributed by atoms with van der Waals surface area (Å²) in [5.41, 5.74) is 4.23. The van der Waals surface area contributed by atoms with Crippen molar-refractivity contribution in [1.29, 1.82) is 0 Å². The topological polar surface area (TPSA) is 65.1 Å². The van der Waals surface area contributed by atoms with Gasteiger partial charge < -0.3 is 19.1 Å². The Morgan fingerprint density at radius 2 is 1.74 bits per heavy atom. The molecule has 140 valence electrons. The molecule has 0 N–H and O–H groups in total. The minimum absolute atomic E-state index is 0.00884. The van der Waals surface area contributed by atoms with E-state index in [1.807, 2.05) is 55.5 Å². The SMILES string of the molecule is COC(=O)C1=C(C(=O)OC)N(c2cccc(-c3ccccc3C)c2)COC1. The first-order valence-electron chi connectivity index (χ1n) is 8.48. The van der Waals surface area contributed by atoms with Gasteiger partial charge in [-0.25, -0.2) is 9.59 Å². The van der Waals surface area contributed by atoms with Gasteiger partial charge in [-0.15, -0.1) is 0 Å². The summed E-state index contributed by atoms with van der Waals surface area (Å²) in [7, 11) is 2.55. The van der Waals surface area contributed by atoms with Crippen LogP contribution in [0.5, 0.6) is 0 Å². The van der Waals surface area contributed by atoms with Crippen LogP contribution in [0.3, 0.4) is 0 Å². The van der Waals surface area contributed by atoms with E-state index in [1.54, 1.807) is 4.90 Å². The van der Waals surface area contributed by atoms with Crippen molar-refractivity contribution in [3.05, 3.63) is 65.4 Å². The Labute approximate surface area is 158 Å². The third-order valence-electron chi connectivity index (χ3n) is 4.45. The number of methoxy groups -OCH3 is 2. The van der Waals surface area contributed by atoms with Crippen molar-refractivity contribution in [3.63, 3.8) is 0 Å². The Morgan fingerprint density at radius 1 is 1.00 bits per heavy atom. The highest BCUT2D eigenvalue weighted by Gasteiger charge is 2.32. The third kappa shape index (κ3) is 3.71. The van der Waals surface area contributed by atoms with Gasteiger partial charge in [0.15, 0.2) is 0 Å². The number of rotatable bonds is 4. The number of benzene rings is 2. The molecule has 0 saturated carbocycles. The molecule has 3 rings (SSSR count). The van der Waals surface area contributed by atoms with E-state index in [0.717, 1.165) is 22.4 Å². The summed E-state index contributed by atoms with van der Waals surface area (Å²) < 4.78 is 15.2. The van der Waals surface area contributed by atoms with Gasteiger partial charge in [0.05, 0.1) is 26.4 Å². The van der Waals surface area contributed by atoms with Crippen LogP contribution < -0.4 is 4.90 Å². The normalized spacial score (nSPS) is 14.1. The third-order valence-corrected chi connectivity index (χ3v) is 4.45. The number of hydrogen-bond acceptors (Lipinski definition) is 6. The van der Waals surface area contributed by atoms with Crippen molar-refractivity contribution in [2.24, 2.45) is 0 Å². The van der Waals surface area contributed by atoms with Gasteiger partial charge in [-0.2, -0.15) is 0 Å². The number of esters is 2. The van der Waals surface area contributed by atoms with E-state index in [4.69, 9.17) is 14.2 Å². The predicted octanol–water partition coefficient (Wildman–Crippen LogP) is 3.06. The molecule has 1 aliphatic rings. The van der Waals surface area contributed by atoms with Crippen molar-refractivity contribution in [1.82, 2.24) is 0 Å². The van der Waals surface area contributed by atoms with Crippen molar-refractivity contribution in [3.8, 4) is 11.1 Å². The van der Waals surface area contributed by atoms with Gasteiger partial charge in [0, 0.05) is 5.69 Å². The highest BCUT2D eigenvalue weighted by atomic mass is 16.5. The maximum Gasteiger partial charge on any atom is 0.355 e. The van der Waals surface area contributed by atoms with Crippen LogP contribution in [0.4, 0.5) is 5.69 Å². The zero-order chi connectivity index (χ0) is 19.4. The molecule has 6 nitrogen and oxygen atoms in total. The molecule has 2 aromatic carbocycles. The standard InChI is InChI=1S/C21H21NO5/c1-14-7-4-5-10-17(14)15-8-6-9-16(11-15)22-13-27-12-18(20(23)25-2)19(22)21(24)26-3/h4-11H,12-13H2,1-3H3. The predicted molar refractivity (Wildman–Crippen MR) is 101 cm³/mol. The van der Waals surface area contributed by atoms with Gasteiger partial charge in [0.2, 0.25) is 0 Å². The molecule has 0 aliphatic carbocycles. The summed E-state index contributed by atoms with van der Waals surface area (Å²) in [5.74, 6) is -1.23. The fourth-order valence-corrected chi connectivity index (χ4v) is 3.09. The van der Waals surface area contributed by atoms with Gasteiger partial charge in [-0.1, -0.05) is 36.4 Å². The van der Waals surface area contributed by atoms with Crippen molar-refractivity contribution >= 4 is 17.6 Å². The highest BCUT2D eigenvalue weighted by Crippen LogP contribution is 2.31. The van der Waals surface area contributed by atoms with Crippen LogP contribution in [0.15, 0.2) is 59.8 Å². The average Bonchev–Trinajstić information content (AvgIpc) is 2.72. The van der Waals surface area contributed by atoms with Crippen molar-refractivity contribution < 1.29 is 23.8 Å². The Balaban J connectivity index is 2.09. The van der Waals surface area contributed by atoms with Crippen LogP contribution in [0.2, 0.25) is 0 Å². The molecule has 0 aromatic heterocycles. The maximum atomic E-state index is 12.4. The molecule has 0 radical (unpaired) electrons. The fourth-order valence-electron chi connectivity index (χ4n) is 3.09. The molecule has 27 heavy (non-hydrogen) atoms. The lowest BCUT2D eigenvalue weighted by Crippen LogP contribution is -2.38. The first kappa shape index (κ1) is 18.7. The molecule has 0 atom stereocenters. The molecular weight excluding hydrogens is 346 g/mol. The first-order valence-corrected chi connectivity index (χ1v) is 8.48. The van der Waals surface area contributed by atoms with Gasteiger partial charge >= 0.3 is 11.9 Å². The summed E-state index contributed by atoms with van der Waals surface area (Å²) in [6, 6.07) is 15.8. The quantitative estimate of drug-likeness (QED) is 0.774. The molecule has 0 fully saturated rings. The van der Waals surface area contributed by atoms with Crippen molar-refractivity contribution in [2.75, 3.05) is 32.5 Å². The average molecular weight is 367 g/mol. The van der Waals surface area contributed by atoms with Crippen LogP contribution in [0.1, 0.15) is 5.56 Å². The van der Waals surface area contributed by atoms with Crippen LogP contribution in [-0.2, 0) is 23.8 Å². The number of nitrogens with zero attached hydrogens (tertiary/aromatic N) is 1. The Kier molecular flexibility index (Phi) is 5.57. The zero-order valence-electron chi connectivity index (χ0n) is 15.5. The van der Waals surface area contributed by atoms with E-state index >= 15 is 0 Å². The monoisotopic (exact) mass is 367 g/mol. The lowest BCUT2D eigenvalue weighted by atomic mass is 10.00. The minimum atomic E-state index is -0.616. The van der Waals surface area contributed by atoms with Gasteiger partial charge in [0.1, 0.15) is 12.4 Å². The molecule has 1 heterocycles. The number of ether oxygens (including phenoxy) is 3. The molecule has 1 aliphatic heterocycles. The number of aryl methyl sites for hydroxylation is 1. The van der Waals surface area contributed by atoms with E-state index in [0.29, 0.717) is 0 Å². The Hall–Kier alpha value is -3.12. The zero-order valence-corrected chi connectivity index (χ0v) is 15.5. The first-order chi connectivity index (χ1) is 13.1. The molecule has 0 saturated heterocycles. The minimum Gasteiger partial charge on any atom is -0.466 e. The van der Waals surface area contributed by atoms with E-state index in [1.165, 1.54) is 14.2 Å². The summed E-state index contributed by atoms with van der Waals surface area (Å²) in [6.07, 6.45) is 0. The van der Waals surface area contributed by atoms with E-state index in [2.05, 4.69) is 0 Å². The summed E-state index contributed by atoms with van der Waals surface area (Å²) in [6.45, 7) is 2.16. The van der Waals surface area contributed by atoms with Crippen molar-refractivity contribution in [2.45, 2.75) is 6.92 Å². The molecular formula is C21H21NO5. The van der Waals surface area contributed by atoms with Crippen LogP contribution in [-0.4, -0.2) is 39.5 Å². The second-order valence-corrected chi connectivity index (χ2v) is 6.08. The highest BCUT2D eigenvalue weighted by molar-refractivity contribution is 6.03. The number of carbonyl (C=O) groups excluding carboxylic acids is 2. The van der Waals surface area contributed by atoms with Gasteiger partial charge in [0.25, 0.3) is 0 Å². The molecule has 0 unspecified atom stereocenters. The number of carbonyl (C=O) groups is 2. The van der Waals surface area contributed by atoms with Crippen LogP contribution in [0, 0.1) is 6.92 Å². The van der Waals surface area contributed by atoms with Crippen LogP contribution >= 0.6 is 0 Å². The summed E-state index contributed by atoms with van der Waals surface area (Å²) in [4.78, 5) is 26.1. The molecule has 0 bridgehead atoms. The molecule has 2 aromatic rings. The van der Waals surface area contributed by atoms with Crippen LogP contribution in [0.25, 0.3) is 11.1 Å². The fraction of sp³-hybridized carbons (Fsp3) is 0.238. The van der Waals surface area contributed by atoms with E-state index in [-0.39, 0.29) is 24.6 Å². The lowest BCUT2D eigenvalue weighted by molar-refractivity contribution is -0.140. The van der Waals surface area contributed by atoms with E-state index in [9.17, 15) is 9.59 Å². The largest absolute Gasteiger partial charge is 0.466 e.